The second-order valence-electron chi connectivity index (χ2n) is 22.5. The number of hydrogen-bond acceptors (Lipinski definition) is 9. The van der Waals surface area contributed by atoms with Crippen molar-refractivity contribution in [1.29, 1.82) is 10.5 Å². The van der Waals surface area contributed by atoms with Gasteiger partial charge in [-0.3, -0.25) is 4.39 Å². The van der Waals surface area contributed by atoms with E-state index in [1.54, 1.807) is 32.4 Å². The van der Waals surface area contributed by atoms with Gasteiger partial charge in [-0.25, -0.2) is 0 Å². The van der Waals surface area contributed by atoms with Crippen molar-refractivity contribution in [2.24, 2.45) is 0 Å². The van der Waals surface area contributed by atoms with Crippen LogP contribution < -0.4 is 18.9 Å². The van der Waals surface area contributed by atoms with Crippen molar-refractivity contribution in [2.45, 2.75) is 125 Å². The van der Waals surface area contributed by atoms with E-state index in [1.165, 1.54) is 25.5 Å². The second-order valence-corrected chi connectivity index (χ2v) is 25.0. The Labute approximate surface area is 644 Å². The molecule has 0 saturated carbocycles. The molecule has 534 valence electrons. The molecule has 0 amide bonds. The Balaban J connectivity index is -0.000000196. The molecule has 1 heterocycles. The fraction of sp³-hybridized carbons (Fsp3) is 0.383. The molecule has 1 aliphatic rings. The number of carbonyl (C=O) groups is 2. The van der Waals surface area contributed by atoms with Crippen LogP contribution >= 0.6 is 62.3 Å². The van der Waals surface area contributed by atoms with Gasteiger partial charge in [0.15, 0.2) is 17.4 Å². The molecule has 9 nitrogen and oxygen atoms in total. The summed E-state index contributed by atoms with van der Waals surface area (Å²) in [4.78, 5) is 21.6. The number of carbonyl (C=O) groups excluding carboxylic acids is 2. The van der Waals surface area contributed by atoms with Gasteiger partial charge in [-0.1, -0.05) is 272 Å². The van der Waals surface area contributed by atoms with E-state index in [4.69, 9.17) is 72.5 Å². The molecule has 6 aromatic carbocycles. The third-order valence-corrected chi connectivity index (χ3v) is 15.3. The number of methoxy groups -OCH3 is 3. The third kappa shape index (κ3) is 47.8. The van der Waals surface area contributed by atoms with Crippen molar-refractivity contribution in [1.82, 2.24) is 0 Å². The first-order valence-corrected chi connectivity index (χ1v) is 34.1. The molecule has 0 radical (unpaired) electrons. The number of aliphatic hydroxyl groups excluding tert-OH is 1. The van der Waals surface area contributed by atoms with E-state index < -0.39 is 23.0 Å². The molecular weight excluding hydrogens is 1390 g/mol. The van der Waals surface area contributed by atoms with E-state index in [0.717, 1.165) is 78.4 Å². The number of nitrogens with zero attached hydrogens (tertiary/aromatic N) is 2. The number of rotatable bonds is 24. The van der Waals surface area contributed by atoms with Gasteiger partial charge in [-0.2, -0.15) is 10.5 Å². The average Bonchev–Trinajstić information content (AvgIpc) is 1.26. The molecule has 6 unspecified atom stereocenters. The van der Waals surface area contributed by atoms with Crippen LogP contribution in [0.1, 0.15) is 129 Å². The molecule has 0 spiro atoms. The van der Waals surface area contributed by atoms with Crippen LogP contribution in [-0.2, 0) is 55.6 Å². The molecular formula is C81H112AlBrCl4FLiN2O7. The topological polar surface area (TPSA) is 139 Å². The summed E-state index contributed by atoms with van der Waals surface area (Å²) in [5, 5.41) is 27.4. The second kappa shape index (κ2) is 67.7. The largest absolute Gasteiger partial charge is 1.00 e. The van der Waals surface area contributed by atoms with Gasteiger partial charge < -0.3 is 35.1 Å². The number of aliphatic hydroxyl groups is 1. The molecule has 7 rings (SSSR count). The summed E-state index contributed by atoms with van der Waals surface area (Å²) in [6, 6.07) is 64.4. The SMILES string of the molecule is C1CCOC1.C=CCBr.C=CCC(C)(C#N)c1ccccc1.C=CCC(C)(C=O)c1ccccc1.C=CCC(C)(CO)c1ccccc1.C=CCC(C)(COC)c1ccccc1.CC(C#N)c1ccccc1.COC(Cl)Cl.COCC(C)(CC=O)c1ccccc1.ClCCl.[2H]CF.[AlH3].[H-].[Li+]. The zero-order valence-electron chi connectivity index (χ0n) is 61.2. The molecule has 1 fully saturated rings. The maximum absolute atomic E-state index is 11.0. The molecule has 98 heavy (non-hydrogen) atoms. The summed E-state index contributed by atoms with van der Waals surface area (Å²) in [7, 11) is 3.83. The molecule has 0 aromatic heterocycles. The minimum absolute atomic E-state index is 0. The van der Waals surface area contributed by atoms with Gasteiger partial charge in [0, 0.05) is 62.5 Å². The minimum Gasteiger partial charge on any atom is -1.00 e. The number of nitriles is 2. The van der Waals surface area contributed by atoms with E-state index in [0.29, 0.717) is 25.9 Å². The first-order valence-electron chi connectivity index (χ1n) is 31.8. The first kappa shape index (κ1) is 101. The quantitative estimate of drug-likeness (QED) is 0.0272. The number of allylic oxidation sites excluding steroid dienone is 5. The van der Waals surface area contributed by atoms with E-state index in [1.807, 2.05) is 204 Å². The van der Waals surface area contributed by atoms with E-state index >= 15 is 0 Å². The van der Waals surface area contributed by atoms with Crippen LogP contribution in [0.5, 0.6) is 0 Å². The molecule has 0 aliphatic carbocycles. The van der Waals surface area contributed by atoms with Crippen molar-refractivity contribution in [3.8, 4) is 12.1 Å². The Morgan fingerprint density at radius 3 is 1.16 bits per heavy atom. The summed E-state index contributed by atoms with van der Waals surface area (Å²) in [5.74, 6) is 0.0150. The molecule has 0 bridgehead atoms. The molecule has 17 heteroatoms. The summed E-state index contributed by atoms with van der Waals surface area (Å²) in [6.07, 6.45) is 17.3. The molecule has 1 saturated heterocycles. The van der Waals surface area contributed by atoms with Gasteiger partial charge in [0.05, 0.1) is 62.6 Å². The molecule has 6 atom stereocenters. The van der Waals surface area contributed by atoms with E-state index in [-0.39, 0.29) is 71.8 Å². The fourth-order valence-corrected chi connectivity index (χ4v) is 8.78. The van der Waals surface area contributed by atoms with Crippen LogP contribution in [0.25, 0.3) is 0 Å². The predicted octanol–water partition coefficient (Wildman–Crippen LogP) is 17.6. The van der Waals surface area contributed by atoms with Crippen LogP contribution in [0.4, 0.5) is 4.39 Å². The van der Waals surface area contributed by atoms with Crippen LogP contribution in [0, 0.1) is 22.7 Å². The zero-order valence-corrected chi connectivity index (χ0v) is 63.8. The Morgan fingerprint density at radius 1 is 0.602 bits per heavy atom. The van der Waals surface area contributed by atoms with Crippen molar-refractivity contribution in [3.05, 3.63) is 279 Å². The summed E-state index contributed by atoms with van der Waals surface area (Å²) >= 11 is 22.7. The van der Waals surface area contributed by atoms with Crippen LogP contribution in [0.15, 0.2) is 245 Å². The number of alkyl halides is 6. The van der Waals surface area contributed by atoms with Gasteiger partial charge in [0.2, 0.25) is 5.02 Å². The predicted molar refractivity (Wildman–Crippen MR) is 423 cm³/mol. The van der Waals surface area contributed by atoms with E-state index in [9.17, 15) is 19.1 Å². The number of ether oxygens (including phenoxy) is 4. The van der Waals surface area contributed by atoms with Gasteiger partial charge >= 0.3 is 18.9 Å². The van der Waals surface area contributed by atoms with Crippen molar-refractivity contribution >= 4 is 92.3 Å². The Bertz CT molecular complexity index is 2900. The smallest absolute Gasteiger partial charge is 1.00 e. The maximum atomic E-state index is 11.0. The molecule has 6 aromatic rings. The first-order chi connectivity index (χ1) is 46.5. The summed E-state index contributed by atoms with van der Waals surface area (Å²) < 4.78 is 35.1. The molecule has 1 N–H and O–H groups in total. The number of halogens is 6. The fourth-order valence-electron chi connectivity index (χ4n) is 8.78. The Morgan fingerprint density at radius 2 is 0.908 bits per heavy atom. The average molecular weight is 1500 g/mol. The molecule has 1 aliphatic heterocycles. The van der Waals surface area contributed by atoms with Crippen molar-refractivity contribution < 1.29 is 59.7 Å². The zero-order chi connectivity index (χ0) is 74.1. The number of aldehydes is 2. The van der Waals surface area contributed by atoms with Gasteiger partial charge in [-0.05, 0) is 92.7 Å². The Kier molecular flexibility index (Phi) is 70.1. The Hall–Kier alpha value is -5.16. The third-order valence-electron chi connectivity index (χ3n) is 14.5. The van der Waals surface area contributed by atoms with Gasteiger partial charge in [-0.15, -0.1) is 56.1 Å². The van der Waals surface area contributed by atoms with Crippen LogP contribution in [0.3, 0.4) is 0 Å². The standard InChI is InChI=1S/C13H18O.C12H13N.C12H16O2.C12H16O.C12H14O.C9H9N.C4H8O.C3H5Br.C2H4Cl2O.CH2Cl2.CH3F.Al.Li.4H/c1-4-10-13(2,11-14-3)12-8-6-5-7-9-12;1-3-9-12(2,10-13)11-7-5-4-6-8-11;1-12(8-9-13,10-14-2)11-6-4-3-5-7-11;2*1-3-9-12(2,10-13)11-7-5-4-6-8-11;1-8(7-10)9-5-3-2-4-6-9;1-2-4-5-3-1;1-2-3-4;1-5-2(3)4;2-1-3;1-2;;;;;;/h4-9H,1,10-11H2,2-3H3;3-8H,1,9H2,2H3;3-7,9H,8,10H2,1-2H3;3-8,13H,1,9-10H2,2H3;3-8,10H,1,9H2,2H3;2-6,8H,1H3;1-4H2;2H,1,3H2;2H,1H3;1H2;1H3;;;;;;/q;;;;;;;;;;;;+1;;;;-1/i;;;;;;;;;;1D;;;;;;. The summed E-state index contributed by atoms with van der Waals surface area (Å²) in [5.41, 5.74) is 5.64. The maximum Gasteiger partial charge on any atom is 1.00 e. The number of hydrogen-bond donors (Lipinski definition) is 1. The van der Waals surface area contributed by atoms with Gasteiger partial charge in [0.25, 0.3) is 0 Å². The monoisotopic (exact) mass is 1500 g/mol. The van der Waals surface area contributed by atoms with Crippen molar-refractivity contribution in [2.75, 3.05) is 72.2 Å². The van der Waals surface area contributed by atoms with Crippen molar-refractivity contribution in [3.63, 3.8) is 0 Å². The summed E-state index contributed by atoms with van der Waals surface area (Å²) in [6.45, 7) is 33.8. The van der Waals surface area contributed by atoms with Crippen LogP contribution in [-0.4, -0.2) is 112 Å². The van der Waals surface area contributed by atoms with Crippen LogP contribution in [0.2, 0.25) is 0 Å². The minimum atomic E-state index is -1.00. The normalized spacial score (nSPS) is 13.6. The van der Waals surface area contributed by atoms with E-state index in [2.05, 4.69) is 96.9 Å². The van der Waals surface area contributed by atoms with Gasteiger partial charge in [0.1, 0.15) is 12.6 Å². The number of benzene rings is 6.